The minimum Gasteiger partial charge on any atom is -0.439 e. The van der Waals surface area contributed by atoms with E-state index in [1.807, 2.05) is 55.9 Å². The number of carbonyl (C=O) groups excluding carboxylic acids is 1. The highest BCUT2D eigenvalue weighted by Gasteiger charge is 2.40. The first-order valence-corrected chi connectivity index (χ1v) is 13.1. The number of nitrogens with two attached hydrogens (primary N) is 1. The SMILES string of the molecule is CC1CN(c2nccc(S(=O)(=O)c3cccc(Oc4cccc(N(C)C)c4)n3)c2C(N)=O)C(C)(C)C1. The van der Waals surface area contributed by atoms with Gasteiger partial charge in [-0.05, 0) is 50.5 Å². The Morgan fingerprint density at radius 3 is 2.53 bits per heavy atom. The minimum atomic E-state index is -4.22. The molecular weight excluding hydrogens is 478 g/mol. The first-order chi connectivity index (χ1) is 16.9. The molecule has 4 rings (SSSR count). The lowest BCUT2D eigenvalue weighted by molar-refractivity contribution is 0.0997. The summed E-state index contributed by atoms with van der Waals surface area (Å²) < 4.78 is 33.3. The van der Waals surface area contributed by atoms with Gasteiger partial charge in [-0.25, -0.2) is 18.4 Å². The maximum atomic E-state index is 13.7. The van der Waals surface area contributed by atoms with Crippen LogP contribution in [-0.2, 0) is 9.84 Å². The molecule has 0 radical (unpaired) electrons. The quantitative estimate of drug-likeness (QED) is 0.510. The molecule has 3 aromatic rings. The Bertz CT molecular complexity index is 1400. The van der Waals surface area contributed by atoms with Crippen molar-refractivity contribution in [1.29, 1.82) is 0 Å². The lowest BCUT2D eigenvalue weighted by atomic mass is 9.97. The number of benzene rings is 1. The number of anilines is 2. The number of aromatic nitrogens is 2. The van der Waals surface area contributed by atoms with E-state index in [0.29, 0.717) is 18.2 Å². The summed E-state index contributed by atoms with van der Waals surface area (Å²) in [7, 11) is -0.400. The number of amides is 1. The zero-order valence-corrected chi connectivity index (χ0v) is 21.9. The summed E-state index contributed by atoms with van der Waals surface area (Å²) in [6.45, 7) is 6.82. The van der Waals surface area contributed by atoms with Crippen LogP contribution in [0.4, 0.5) is 11.5 Å². The monoisotopic (exact) mass is 509 g/mol. The van der Waals surface area contributed by atoms with E-state index >= 15 is 0 Å². The molecule has 0 aliphatic carbocycles. The number of carbonyl (C=O) groups is 1. The zero-order chi connectivity index (χ0) is 26.3. The molecule has 2 N–H and O–H groups in total. The molecule has 1 amide bonds. The zero-order valence-electron chi connectivity index (χ0n) is 21.1. The fraction of sp³-hybridized carbons (Fsp3) is 0.346. The third-order valence-corrected chi connectivity index (χ3v) is 7.98. The third kappa shape index (κ3) is 4.86. The normalized spacial score (nSPS) is 17.1. The Labute approximate surface area is 211 Å². The highest BCUT2D eigenvalue weighted by atomic mass is 32.2. The van der Waals surface area contributed by atoms with Crippen LogP contribution in [0.3, 0.4) is 0 Å². The smallest absolute Gasteiger partial charge is 0.253 e. The number of sulfone groups is 1. The van der Waals surface area contributed by atoms with Crippen LogP contribution in [0.5, 0.6) is 11.6 Å². The summed E-state index contributed by atoms with van der Waals surface area (Å²) >= 11 is 0. The lowest BCUT2D eigenvalue weighted by Gasteiger charge is -2.33. The van der Waals surface area contributed by atoms with E-state index in [2.05, 4.69) is 16.9 Å². The van der Waals surface area contributed by atoms with E-state index in [9.17, 15) is 13.2 Å². The van der Waals surface area contributed by atoms with Crippen molar-refractivity contribution in [1.82, 2.24) is 9.97 Å². The number of hydrogen-bond acceptors (Lipinski definition) is 8. The highest BCUT2D eigenvalue weighted by Crippen LogP contribution is 2.39. The van der Waals surface area contributed by atoms with Gasteiger partial charge in [-0.1, -0.05) is 19.1 Å². The van der Waals surface area contributed by atoms with Crippen molar-refractivity contribution in [3.8, 4) is 11.6 Å². The largest absolute Gasteiger partial charge is 0.439 e. The summed E-state index contributed by atoms with van der Waals surface area (Å²) in [5.41, 5.74) is 6.21. The van der Waals surface area contributed by atoms with Gasteiger partial charge < -0.3 is 20.3 Å². The molecule has 10 heteroatoms. The van der Waals surface area contributed by atoms with Crippen molar-refractivity contribution in [3.05, 3.63) is 60.3 Å². The molecule has 2 aromatic heterocycles. The van der Waals surface area contributed by atoms with E-state index in [1.54, 1.807) is 18.2 Å². The minimum absolute atomic E-state index is 0.108. The molecule has 3 heterocycles. The molecule has 1 aromatic carbocycles. The van der Waals surface area contributed by atoms with E-state index in [4.69, 9.17) is 10.5 Å². The first kappa shape index (κ1) is 25.4. The highest BCUT2D eigenvalue weighted by molar-refractivity contribution is 7.91. The van der Waals surface area contributed by atoms with Gasteiger partial charge in [-0.2, -0.15) is 0 Å². The van der Waals surface area contributed by atoms with Crippen molar-refractivity contribution >= 4 is 27.2 Å². The first-order valence-electron chi connectivity index (χ1n) is 11.6. The molecule has 1 fully saturated rings. The average molecular weight is 510 g/mol. The Morgan fingerprint density at radius 2 is 1.89 bits per heavy atom. The van der Waals surface area contributed by atoms with Gasteiger partial charge in [0.15, 0.2) is 5.03 Å². The summed E-state index contributed by atoms with van der Waals surface area (Å²) in [6.07, 6.45) is 2.26. The number of primary amides is 1. The van der Waals surface area contributed by atoms with E-state index in [1.165, 1.54) is 18.3 Å². The van der Waals surface area contributed by atoms with Gasteiger partial charge in [-0.15, -0.1) is 0 Å². The molecule has 190 valence electrons. The Kier molecular flexibility index (Phi) is 6.66. The number of hydrogen-bond donors (Lipinski definition) is 1. The Balaban J connectivity index is 1.75. The second kappa shape index (κ2) is 9.42. The summed E-state index contributed by atoms with van der Waals surface area (Å²) in [5.74, 6) is 0.379. The van der Waals surface area contributed by atoms with Gasteiger partial charge in [0, 0.05) is 50.2 Å². The predicted octanol–water partition coefficient (Wildman–Crippen LogP) is 3.89. The Hall–Kier alpha value is -3.66. The molecule has 1 aliphatic heterocycles. The molecule has 1 unspecified atom stereocenters. The molecule has 36 heavy (non-hydrogen) atoms. The van der Waals surface area contributed by atoms with Crippen molar-refractivity contribution in [2.24, 2.45) is 11.7 Å². The molecule has 0 spiro atoms. The Morgan fingerprint density at radius 1 is 1.17 bits per heavy atom. The van der Waals surface area contributed by atoms with Gasteiger partial charge in [0.25, 0.3) is 5.91 Å². The molecule has 0 bridgehead atoms. The standard InChI is InChI=1S/C26H31N5O4S/c1-17-15-26(2,3)31(16-17)25-23(24(27)32)20(12-13-28-25)36(33,34)22-11-7-10-21(29-22)35-19-9-6-8-18(14-19)30(4)5/h6-14,17H,15-16H2,1-5H3,(H2,27,32). The van der Waals surface area contributed by atoms with Crippen molar-refractivity contribution in [2.45, 2.75) is 42.7 Å². The van der Waals surface area contributed by atoms with Gasteiger partial charge in [0.05, 0.1) is 4.90 Å². The maximum Gasteiger partial charge on any atom is 0.253 e. The van der Waals surface area contributed by atoms with Crippen LogP contribution in [0.2, 0.25) is 0 Å². The maximum absolute atomic E-state index is 13.7. The molecular formula is C26H31N5O4S. The summed E-state index contributed by atoms with van der Waals surface area (Å²) in [6, 6.07) is 13.1. The number of ether oxygens (including phenoxy) is 1. The average Bonchev–Trinajstić information content (AvgIpc) is 3.10. The fourth-order valence-corrected chi connectivity index (χ4v) is 6.11. The van der Waals surface area contributed by atoms with Crippen LogP contribution in [0.1, 0.15) is 37.6 Å². The molecule has 1 aliphatic rings. The number of nitrogens with zero attached hydrogens (tertiary/aromatic N) is 4. The number of rotatable bonds is 7. The van der Waals surface area contributed by atoms with Crippen LogP contribution in [0.15, 0.2) is 64.6 Å². The van der Waals surface area contributed by atoms with Gasteiger partial charge in [0.1, 0.15) is 17.1 Å². The van der Waals surface area contributed by atoms with Crippen LogP contribution >= 0.6 is 0 Å². The summed E-state index contributed by atoms with van der Waals surface area (Å²) in [5, 5.41) is -0.252. The fourth-order valence-electron chi connectivity index (χ4n) is 4.71. The van der Waals surface area contributed by atoms with Crippen LogP contribution in [0, 0.1) is 5.92 Å². The van der Waals surface area contributed by atoms with E-state index in [-0.39, 0.29) is 32.7 Å². The van der Waals surface area contributed by atoms with Crippen LogP contribution < -0.4 is 20.3 Å². The lowest BCUT2D eigenvalue weighted by Crippen LogP contribution is -2.40. The van der Waals surface area contributed by atoms with Crippen molar-refractivity contribution < 1.29 is 17.9 Å². The number of pyridine rings is 2. The van der Waals surface area contributed by atoms with Crippen molar-refractivity contribution in [3.63, 3.8) is 0 Å². The van der Waals surface area contributed by atoms with E-state index in [0.717, 1.165) is 12.1 Å². The van der Waals surface area contributed by atoms with Crippen LogP contribution in [-0.4, -0.2) is 50.5 Å². The van der Waals surface area contributed by atoms with Crippen LogP contribution in [0.25, 0.3) is 0 Å². The third-order valence-electron chi connectivity index (χ3n) is 6.29. The molecule has 1 atom stereocenters. The van der Waals surface area contributed by atoms with E-state index < -0.39 is 15.7 Å². The topological polar surface area (TPSA) is 119 Å². The second-order valence-electron chi connectivity index (χ2n) is 9.92. The second-order valence-corrected chi connectivity index (χ2v) is 11.8. The molecule has 9 nitrogen and oxygen atoms in total. The van der Waals surface area contributed by atoms with Gasteiger partial charge in [0.2, 0.25) is 15.7 Å². The van der Waals surface area contributed by atoms with Crippen molar-refractivity contribution in [2.75, 3.05) is 30.4 Å². The molecule has 1 saturated heterocycles. The predicted molar refractivity (Wildman–Crippen MR) is 138 cm³/mol. The van der Waals surface area contributed by atoms with Gasteiger partial charge in [-0.3, -0.25) is 4.79 Å². The summed E-state index contributed by atoms with van der Waals surface area (Å²) in [4.78, 5) is 24.9. The molecule has 0 saturated carbocycles. The van der Waals surface area contributed by atoms with Gasteiger partial charge >= 0.3 is 0 Å².